The highest BCUT2D eigenvalue weighted by Crippen LogP contribution is 2.61. The van der Waals surface area contributed by atoms with Gasteiger partial charge in [0.15, 0.2) is 0 Å². The number of alkyl halides is 5. The second kappa shape index (κ2) is 4.06. The molecule has 0 saturated heterocycles. The molecule has 1 atom stereocenters. The summed E-state index contributed by atoms with van der Waals surface area (Å²) in [6.07, 6.45) is -5.19. The van der Waals surface area contributed by atoms with Crippen molar-refractivity contribution in [3.63, 3.8) is 0 Å². The molecule has 0 aromatic heterocycles. The van der Waals surface area contributed by atoms with Gasteiger partial charge in [-0.05, 0) is 17.7 Å². The molecule has 0 amide bonds. The number of nitrogens with two attached hydrogens (primary N) is 1. The van der Waals surface area contributed by atoms with Gasteiger partial charge >= 0.3 is 6.18 Å². The predicted molar refractivity (Wildman–Crippen MR) is 58.3 cm³/mol. The molecule has 1 aromatic rings. The molecule has 0 aliphatic heterocycles. The third-order valence-electron chi connectivity index (χ3n) is 3.50. The average molecular weight is 281 g/mol. The van der Waals surface area contributed by atoms with Gasteiger partial charge in [0.25, 0.3) is 5.92 Å². The maximum absolute atomic E-state index is 13.4. The molecule has 1 aromatic carbocycles. The Labute approximate surface area is 106 Å². The minimum Gasteiger partial charge on any atom is -0.496 e. The Morgan fingerprint density at radius 2 is 1.89 bits per heavy atom. The van der Waals surface area contributed by atoms with Crippen LogP contribution < -0.4 is 10.5 Å². The highest BCUT2D eigenvalue weighted by atomic mass is 19.4. The van der Waals surface area contributed by atoms with Gasteiger partial charge in [-0.2, -0.15) is 13.2 Å². The zero-order valence-electron chi connectivity index (χ0n) is 10.0. The lowest BCUT2D eigenvalue weighted by Gasteiger charge is -2.18. The van der Waals surface area contributed by atoms with Crippen LogP contribution >= 0.6 is 0 Å². The molecule has 1 aliphatic carbocycles. The maximum atomic E-state index is 13.4. The summed E-state index contributed by atoms with van der Waals surface area (Å²) in [6.45, 7) is -0.399. The fraction of sp³-hybridized carbons (Fsp3) is 0.500. The number of ether oxygens (including phenoxy) is 1. The fourth-order valence-electron chi connectivity index (χ4n) is 2.21. The second-order valence-electron chi connectivity index (χ2n) is 4.58. The first-order valence-electron chi connectivity index (χ1n) is 5.51. The van der Waals surface area contributed by atoms with Crippen LogP contribution in [0.3, 0.4) is 0 Å². The predicted octanol–water partition coefficient (Wildman–Crippen LogP) is 2.95. The topological polar surface area (TPSA) is 35.2 Å². The van der Waals surface area contributed by atoms with Crippen molar-refractivity contribution < 1.29 is 26.7 Å². The van der Waals surface area contributed by atoms with E-state index < -0.39 is 41.8 Å². The van der Waals surface area contributed by atoms with Crippen LogP contribution in [0, 0.1) is 0 Å². The lowest BCUT2D eigenvalue weighted by Crippen LogP contribution is -2.27. The van der Waals surface area contributed by atoms with E-state index in [-0.39, 0.29) is 5.56 Å². The molecule has 2 rings (SSSR count). The largest absolute Gasteiger partial charge is 0.496 e. The Balaban J connectivity index is 2.51. The number of benzene rings is 1. The van der Waals surface area contributed by atoms with E-state index in [1.54, 1.807) is 0 Å². The molecule has 1 aliphatic rings. The number of halogens is 5. The summed E-state index contributed by atoms with van der Waals surface area (Å²) in [5, 5.41) is 0. The Morgan fingerprint density at radius 1 is 1.32 bits per heavy atom. The molecule has 0 spiro atoms. The van der Waals surface area contributed by atoms with Gasteiger partial charge in [0, 0.05) is 13.0 Å². The standard InChI is InChI=1S/C12H12F5NO/c1-19-9-3-2-7(4-8(9)12(15,16)17)10(6-18)5-11(10,13)14/h2-4H,5-6,18H2,1H3. The smallest absolute Gasteiger partial charge is 0.419 e. The van der Waals surface area contributed by atoms with Crippen molar-refractivity contribution in [2.24, 2.45) is 5.73 Å². The number of methoxy groups -OCH3 is 1. The van der Waals surface area contributed by atoms with Gasteiger partial charge in [-0.3, -0.25) is 0 Å². The van der Waals surface area contributed by atoms with E-state index >= 15 is 0 Å². The van der Waals surface area contributed by atoms with E-state index in [4.69, 9.17) is 5.73 Å². The van der Waals surface area contributed by atoms with Gasteiger partial charge in [0.1, 0.15) is 5.75 Å². The second-order valence-corrected chi connectivity index (χ2v) is 4.58. The van der Waals surface area contributed by atoms with Gasteiger partial charge in [-0.25, -0.2) is 8.78 Å². The van der Waals surface area contributed by atoms with E-state index in [9.17, 15) is 22.0 Å². The van der Waals surface area contributed by atoms with E-state index in [1.807, 2.05) is 0 Å². The van der Waals surface area contributed by atoms with Crippen LogP contribution in [0.5, 0.6) is 5.75 Å². The molecule has 1 saturated carbocycles. The Bertz CT molecular complexity index is 499. The molecule has 7 heteroatoms. The van der Waals surface area contributed by atoms with Gasteiger partial charge in [-0.1, -0.05) is 6.07 Å². The summed E-state index contributed by atoms with van der Waals surface area (Å²) in [5.74, 6) is -3.45. The maximum Gasteiger partial charge on any atom is 0.419 e. The zero-order chi connectivity index (χ0) is 14.5. The summed E-state index contributed by atoms with van der Waals surface area (Å²) in [4.78, 5) is 0. The molecule has 1 fully saturated rings. The van der Waals surface area contributed by atoms with Gasteiger partial charge in [0.2, 0.25) is 0 Å². The van der Waals surface area contributed by atoms with Gasteiger partial charge in [-0.15, -0.1) is 0 Å². The van der Waals surface area contributed by atoms with Crippen LogP contribution in [0.1, 0.15) is 17.5 Å². The normalized spacial score (nSPS) is 25.2. The summed E-state index contributed by atoms with van der Waals surface area (Å²) < 4.78 is 69.8. The third-order valence-corrected chi connectivity index (χ3v) is 3.50. The highest BCUT2D eigenvalue weighted by Gasteiger charge is 2.71. The van der Waals surface area contributed by atoms with E-state index in [0.29, 0.717) is 6.07 Å². The van der Waals surface area contributed by atoms with E-state index in [1.165, 1.54) is 6.07 Å². The lowest BCUT2D eigenvalue weighted by atomic mass is 9.93. The van der Waals surface area contributed by atoms with Crippen molar-refractivity contribution >= 4 is 0 Å². The van der Waals surface area contributed by atoms with Crippen LogP contribution in [-0.4, -0.2) is 19.6 Å². The van der Waals surface area contributed by atoms with Crippen molar-refractivity contribution in [2.75, 3.05) is 13.7 Å². The average Bonchev–Trinajstić information content (AvgIpc) is 2.91. The summed E-state index contributed by atoms with van der Waals surface area (Å²) in [5.41, 5.74) is 2.46. The van der Waals surface area contributed by atoms with Crippen molar-refractivity contribution in [1.29, 1.82) is 0 Å². The Kier molecular flexibility index (Phi) is 3.00. The van der Waals surface area contributed by atoms with Crippen LogP contribution in [0.4, 0.5) is 22.0 Å². The minimum atomic E-state index is -4.67. The Hall–Kier alpha value is -1.37. The summed E-state index contributed by atoms with van der Waals surface area (Å²) in [7, 11) is 1.09. The van der Waals surface area contributed by atoms with E-state index in [2.05, 4.69) is 4.74 Å². The monoisotopic (exact) mass is 281 g/mol. The molecule has 2 N–H and O–H groups in total. The molecule has 2 nitrogen and oxygen atoms in total. The van der Waals surface area contributed by atoms with Crippen LogP contribution in [0.15, 0.2) is 18.2 Å². The van der Waals surface area contributed by atoms with Crippen molar-refractivity contribution in [2.45, 2.75) is 23.9 Å². The van der Waals surface area contributed by atoms with Crippen molar-refractivity contribution in [3.8, 4) is 5.75 Å². The molecule has 0 bridgehead atoms. The summed E-state index contributed by atoms with van der Waals surface area (Å²) >= 11 is 0. The molecule has 0 heterocycles. The van der Waals surface area contributed by atoms with Crippen LogP contribution in [0.2, 0.25) is 0 Å². The zero-order valence-corrected chi connectivity index (χ0v) is 10.0. The molecule has 0 radical (unpaired) electrons. The third kappa shape index (κ3) is 2.05. The summed E-state index contributed by atoms with van der Waals surface area (Å²) in [6, 6.07) is 2.96. The van der Waals surface area contributed by atoms with Crippen LogP contribution in [0.25, 0.3) is 0 Å². The first-order valence-corrected chi connectivity index (χ1v) is 5.51. The number of hydrogen-bond acceptors (Lipinski definition) is 2. The first-order chi connectivity index (χ1) is 8.68. The number of hydrogen-bond donors (Lipinski definition) is 1. The molecular formula is C12H12F5NO. The molecule has 106 valence electrons. The molecule has 19 heavy (non-hydrogen) atoms. The molecule has 1 unspecified atom stereocenters. The van der Waals surface area contributed by atoms with Crippen LogP contribution in [-0.2, 0) is 11.6 Å². The highest BCUT2D eigenvalue weighted by molar-refractivity contribution is 5.46. The van der Waals surface area contributed by atoms with Gasteiger partial charge in [0.05, 0.1) is 18.1 Å². The molecular weight excluding hydrogens is 269 g/mol. The van der Waals surface area contributed by atoms with Crippen molar-refractivity contribution in [3.05, 3.63) is 29.3 Å². The van der Waals surface area contributed by atoms with Crippen molar-refractivity contribution in [1.82, 2.24) is 0 Å². The van der Waals surface area contributed by atoms with Gasteiger partial charge < -0.3 is 10.5 Å². The number of rotatable bonds is 3. The fourth-order valence-corrected chi connectivity index (χ4v) is 2.21. The lowest BCUT2D eigenvalue weighted by molar-refractivity contribution is -0.138. The Morgan fingerprint density at radius 3 is 2.26 bits per heavy atom. The first kappa shape index (κ1) is 14.0. The van der Waals surface area contributed by atoms with E-state index in [0.717, 1.165) is 13.2 Å². The SMILES string of the molecule is COc1ccc(C2(CN)CC2(F)F)cc1C(F)(F)F. The quantitative estimate of drug-likeness (QED) is 0.865. The minimum absolute atomic E-state index is 0.104.